The zero-order chi connectivity index (χ0) is 11.4. The fraction of sp³-hybridized carbons (Fsp3) is 0.273. The lowest BCUT2D eigenvalue weighted by atomic mass is 10.2. The summed E-state index contributed by atoms with van der Waals surface area (Å²) in [4.78, 5) is 15.0. The number of benzene rings is 1. The molecule has 0 unspecified atom stereocenters. The molecule has 5 nitrogen and oxygen atoms in total. The highest BCUT2D eigenvalue weighted by atomic mass is 16.4. The highest BCUT2D eigenvalue weighted by Crippen LogP contribution is 2.10. The molecule has 3 N–H and O–H groups in total. The molecule has 0 aromatic heterocycles. The van der Waals surface area contributed by atoms with Crippen molar-refractivity contribution in [2.45, 2.75) is 6.42 Å². The summed E-state index contributed by atoms with van der Waals surface area (Å²) >= 11 is 0. The molecule has 1 aliphatic rings. The van der Waals surface area contributed by atoms with E-state index in [-0.39, 0.29) is 5.56 Å². The van der Waals surface area contributed by atoms with E-state index in [1.165, 1.54) is 0 Å². The predicted molar refractivity (Wildman–Crippen MR) is 61.9 cm³/mol. The third kappa shape index (κ3) is 2.50. The molecule has 0 spiro atoms. The Morgan fingerprint density at radius 3 is 3.06 bits per heavy atom. The van der Waals surface area contributed by atoms with Crippen LogP contribution in [0.4, 0.5) is 5.69 Å². The summed E-state index contributed by atoms with van der Waals surface area (Å²) in [5.74, 6) is -0.226. The van der Waals surface area contributed by atoms with Gasteiger partial charge in [0.15, 0.2) is 5.96 Å². The summed E-state index contributed by atoms with van der Waals surface area (Å²) in [5.41, 5.74) is 0.995. The van der Waals surface area contributed by atoms with Crippen LogP contribution in [0.3, 0.4) is 0 Å². The molecular weight excluding hydrogens is 206 g/mol. The van der Waals surface area contributed by atoms with Crippen molar-refractivity contribution in [3.8, 4) is 0 Å². The van der Waals surface area contributed by atoms with Gasteiger partial charge in [0.2, 0.25) is 0 Å². The van der Waals surface area contributed by atoms with Gasteiger partial charge in [-0.3, -0.25) is 4.99 Å². The lowest BCUT2D eigenvalue weighted by Gasteiger charge is -2.16. The zero-order valence-electron chi connectivity index (χ0n) is 8.73. The lowest BCUT2D eigenvalue weighted by molar-refractivity contribution is 0.0697. The first-order valence-corrected chi connectivity index (χ1v) is 5.14. The van der Waals surface area contributed by atoms with Gasteiger partial charge in [0, 0.05) is 18.8 Å². The third-order valence-electron chi connectivity index (χ3n) is 2.27. The first-order chi connectivity index (χ1) is 7.75. The van der Waals surface area contributed by atoms with E-state index < -0.39 is 5.97 Å². The van der Waals surface area contributed by atoms with E-state index in [9.17, 15) is 4.79 Å². The Hall–Kier alpha value is -2.04. The Kier molecular flexibility index (Phi) is 3.05. The van der Waals surface area contributed by atoms with Crippen molar-refractivity contribution >= 4 is 17.6 Å². The molecular formula is C11H13N3O2. The summed E-state index contributed by atoms with van der Waals surface area (Å²) in [6.07, 6.45) is 1.03. The lowest BCUT2D eigenvalue weighted by Crippen LogP contribution is -2.35. The van der Waals surface area contributed by atoms with Crippen molar-refractivity contribution in [2.24, 2.45) is 4.99 Å². The SMILES string of the molecule is O=C(O)c1cccc(NC2=NCCCN2)c1. The molecule has 16 heavy (non-hydrogen) atoms. The molecule has 0 aliphatic carbocycles. The van der Waals surface area contributed by atoms with Gasteiger partial charge in [0.05, 0.1) is 5.56 Å². The third-order valence-corrected chi connectivity index (χ3v) is 2.27. The van der Waals surface area contributed by atoms with Crippen LogP contribution in [0.5, 0.6) is 0 Å². The molecule has 5 heteroatoms. The Labute approximate surface area is 93.2 Å². The molecule has 1 heterocycles. The van der Waals surface area contributed by atoms with E-state index in [1.807, 2.05) is 6.07 Å². The van der Waals surface area contributed by atoms with Crippen LogP contribution in [0.1, 0.15) is 16.8 Å². The number of hydrogen-bond acceptors (Lipinski definition) is 4. The minimum absolute atomic E-state index is 0.265. The number of carboxylic acid groups (broad SMARTS) is 1. The van der Waals surface area contributed by atoms with E-state index in [1.54, 1.807) is 18.2 Å². The molecule has 1 aliphatic heterocycles. The quantitative estimate of drug-likeness (QED) is 0.697. The summed E-state index contributed by atoms with van der Waals surface area (Å²) in [7, 11) is 0. The van der Waals surface area contributed by atoms with Gasteiger partial charge in [-0.25, -0.2) is 4.79 Å². The van der Waals surface area contributed by atoms with Crippen molar-refractivity contribution < 1.29 is 9.90 Å². The van der Waals surface area contributed by atoms with Gasteiger partial charge >= 0.3 is 5.97 Å². The van der Waals surface area contributed by atoms with Crippen molar-refractivity contribution in [3.05, 3.63) is 29.8 Å². The van der Waals surface area contributed by atoms with Crippen LogP contribution in [0.2, 0.25) is 0 Å². The van der Waals surface area contributed by atoms with Crippen LogP contribution < -0.4 is 10.6 Å². The van der Waals surface area contributed by atoms with Crippen molar-refractivity contribution in [1.82, 2.24) is 5.32 Å². The normalized spacial score (nSPS) is 14.9. The van der Waals surface area contributed by atoms with Gasteiger partial charge in [-0.15, -0.1) is 0 Å². The minimum Gasteiger partial charge on any atom is -0.478 e. The molecule has 2 rings (SSSR count). The van der Waals surface area contributed by atoms with Gasteiger partial charge in [-0.1, -0.05) is 6.07 Å². The van der Waals surface area contributed by atoms with Crippen molar-refractivity contribution in [2.75, 3.05) is 18.4 Å². The number of carbonyl (C=O) groups is 1. The van der Waals surface area contributed by atoms with Gasteiger partial charge < -0.3 is 15.7 Å². The maximum absolute atomic E-state index is 10.8. The summed E-state index contributed by atoms with van der Waals surface area (Å²) in [5, 5.41) is 15.0. The predicted octanol–water partition coefficient (Wildman–Crippen LogP) is 1.15. The van der Waals surface area contributed by atoms with Gasteiger partial charge in [0.25, 0.3) is 0 Å². The van der Waals surface area contributed by atoms with Gasteiger partial charge in [-0.05, 0) is 24.6 Å². The van der Waals surface area contributed by atoms with Crippen molar-refractivity contribution in [3.63, 3.8) is 0 Å². The van der Waals surface area contributed by atoms with E-state index >= 15 is 0 Å². The number of aromatic carboxylic acids is 1. The first-order valence-electron chi connectivity index (χ1n) is 5.14. The number of nitrogens with zero attached hydrogens (tertiary/aromatic N) is 1. The molecule has 0 atom stereocenters. The average molecular weight is 219 g/mol. The van der Waals surface area contributed by atoms with Crippen LogP contribution in [-0.4, -0.2) is 30.1 Å². The number of anilines is 1. The monoisotopic (exact) mass is 219 g/mol. The Bertz CT molecular complexity index is 429. The second-order valence-corrected chi connectivity index (χ2v) is 3.52. The van der Waals surface area contributed by atoms with Crippen LogP contribution in [0, 0.1) is 0 Å². The van der Waals surface area contributed by atoms with E-state index in [0.717, 1.165) is 25.2 Å². The van der Waals surface area contributed by atoms with Gasteiger partial charge in [0.1, 0.15) is 0 Å². The molecule has 0 saturated heterocycles. The molecule has 84 valence electrons. The van der Waals surface area contributed by atoms with Gasteiger partial charge in [-0.2, -0.15) is 0 Å². The second-order valence-electron chi connectivity index (χ2n) is 3.52. The van der Waals surface area contributed by atoms with E-state index in [2.05, 4.69) is 15.6 Å². The fourth-order valence-electron chi connectivity index (χ4n) is 1.48. The molecule has 0 saturated carbocycles. The molecule has 0 bridgehead atoms. The number of aliphatic imine (C=N–C) groups is 1. The van der Waals surface area contributed by atoms with Crippen LogP contribution >= 0.6 is 0 Å². The number of guanidine groups is 1. The van der Waals surface area contributed by atoms with E-state index in [4.69, 9.17) is 5.11 Å². The minimum atomic E-state index is -0.929. The fourth-order valence-corrected chi connectivity index (χ4v) is 1.48. The van der Waals surface area contributed by atoms with Crippen LogP contribution in [0.15, 0.2) is 29.3 Å². The maximum Gasteiger partial charge on any atom is 0.335 e. The number of rotatable bonds is 2. The first kappa shape index (κ1) is 10.5. The second kappa shape index (κ2) is 4.65. The topological polar surface area (TPSA) is 73.7 Å². The highest BCUT2D eigenvalue weighted by molar-refractivity contribution is 5.95. The Morgan fingerprint density at radius 2 is 2.38 bits per heavy atom. The standard InChI is InChI=1S/C11H13N3O2/c15-10(16)8-3-1-4-9(7-8)14-11-12-5-2-6-13-11/h1,3-4,7H,2,5-6H2,(H,15,16)(H2,12,13,14). The highest BCUT2D eigenvalue weighted by Gasteiger charge is 2.06. The summed E-state index contributed by atoms with van der Waals surface area (Å²) in [6, 6.07) is 6.66. The average Bonchev–Trinajstić information content (AvgIpc) is 2.30. The zero-order valence-corrected chi connectivity index (χ0v) is 8.73. The molecule has 1 aromatic carbocycles. The summed E-state index contributed by atoms with van der Waals surface area (Å²) < 4.78 is 0. The molecule has 0 amide bonds. The van der Waals surface area contributed by atoms with Crippen LogP contribution in [0.25, 0.3) is 0 Å². The summed E-state index contributed by atoms with van der Waals surface area (Å²) in [6.45, 7) is 1.69. The number of carboxylic acids is 1. The Morgan fingerprint density at radius 1 is 1.50 bits per heavy atom. The maximum atomic E-state index is 10.8. The Balaban J connectivity index is 2.12. The van der Waals surface area contributed by atoms with Crippen molar-refractivity contribution in [1.29, 1.82) is 0 Å². The van der Waals surface area contributed by atoms with Crippen LogP contribution in [-0.2, 0) is 0 Å². The number of nitrogens with one attached hydrogen (secondary N) is 2. The molecule has 1 aromatic rings. The van der Waals surface area contributed by atoms with E-state index in [0.29, 0.717) is 5.96 Å². The smallest absolute Gasteiger partial charge is 0.335 e. The number of hydrogen-bond donors (Lipinski definition) is 3. The molecule has 0 fully saturated rings. The largest absolute Gasteiger partial charge is 0.478 e. The molecule has 0 radical (unpaired) electrons.